The van der Waals surface area contributed by atoms with E-state index in [-0.39, 0.29) is 12.2 Å². The van der Waals surface area contributed by atoms with Gasteiger partial charge in [0.2, 0.25) is 4.96 Å². The summed E-state index contributed by atoms with van der Waals surface area (Å²) in [5.74, 6) is 0.454. The predicted octanol–water partition coefficient (Wildman–Crippen LogP) is 1.88. The lowest BCUT2D eigenvalue weighted by molar-refractivity contribution is -0.119. The van der Waals surface area contributed by atoms with E-state index in [0.717, 1.165) is 11.1 Å². The van der Waals surface area contributed by atoms with Gasteiger partial charge in [-0.2, -0.15) is 9.50 Å². The maximum Gasteiger partial charge on any atom is 0.291 e. The summed E-state index contributed by atoms with van der Waals surface area (Å²) in [6, 6.07) is 14.1. The van der Waals surface area contributed by atoms with Crippen LogP contribution in [0.15, 0.2) is 53.3 Å². The first kappa shape index (κ1) is 18.1. The third kappa shape index (κ3) is 3.73. The molecule has 0 bridgehead atoms. The average molecular weight is 413 g/mol. The van der Waals surface area contributed by atoms with Gasteiger partial charge in [-0.1, -0.05) is 35.1 Å². The Morgan fingerprint density at radius 1 is 1.18 bits per heavy atom. The number of nitrogens with two attached hydrogens (primary N) is 1. The zero-order valence-electron chi connectivity index (χ0n) is 14.3. The molecule has 0 atom stereocenters. The van der Waals surface area contributed by atoms with Crippen molar-refractivity contribution in [3.8, 4) is 17.1 Å². The van der Waals surface area contributed by atoms with Gasteiger partial charge < -0.3 is 10.5 Å². The maximum absolute atomic E-state index is 12.6. The van der Waals surface area contributed by atoms with Gasteiger partial charge in [0.1, 0.15) is 5.75 Å². The minimum absolute atomic E-state index is 0.183. The number of aromatic nitrogens is 3. The lowest BCUT2D eigenvalue weighted by Crippen LogP contribution is -2.23. The number of halogens is 1. The van der Waals surface area contributed by atoms with Gasteiger partial charge >= 0.3 is 0 Å². The van der Waals surface area contributed by atoms with Crippen LogP contribution in [0, 0.1) is 0 Å². The smallest absolute Gasteiger partial charge is 0.291 e. The van der Waals surface area contributed by atoms with Gasteiger partial charge in [0.15, 0.2) is 12.4 Å². The Bertz CT molecular complexity index is 1260. The standard InChI is InChI=1S/C19H13ClN4O3S/c20-13-5-3-12(4-6-13)17-22-19-24(23-17)18(26)15(28-19)9-11-1-7-14(8-2-11)27-10-16(21)25/h1-9H,10H2,(H2,21,25)/b15-9-. The Morgan fingerprint density at radius 3 is 2.54 bits per heavy atom. The van der Waals surface area contributed by atoms with Gasteiger partial charge in [-0.05, 0) is 48.0 Å². The molecule has 7 nitrogen and oxygen atoms in total. The molecule has 0 fully saturated rings. The largest absolute Gasteiger partial charge is 0.484 e. The van der Waals surface area contributed by atoms with E-state index in [0.29, 0.717) is 26.1 Å². The summed E-state index contributed by atoms with van der Waals surface area (Å²) in [6.07, 6.45) is 1.75. The van der Waals surface area contributed by atoms with Crippen molar-refractivity contribution in [1.82, 2.24) is 14.6 Å². The summed E-state index contributed by atoms with van der Waals surface area (Å²) >= 11 is 7.15. The van der Waals surface area contributed by atoms with E-state index < -0.39 is 5.91 Å². The van der Waals surface area contributed by atoms with Crippen molar-refractivity contribution in [3.05, 3.63) is 74.0 Å². The molecule has 28 heavy (non-hydrogen) atoms. The summed E-state index contributed by atoms with van der Waals surface area (Å²) in [6.45, 7) is -0.183. The lowest BCUT2D eigenvalue weighted by atomic mass is 10.2. The monoisotopic (exact) mass is 412 g/mol. The highest BCUT2D eigenvalue weighted by Gasteiger charge is 2.12. The van der Waals surface area contributed by atoms with E-state index in [9.17, 15) is 9.59 Å². The van der Waals surface area contributed by atoms with Crippen molar-refractivity contribution in [2.45, 2.75) is 0 Å². The van der Waals surface area contributed by atoms with E-state index >= 15 is 0 Å². The molecule has 4 rings (SSSR count). The molecule has 4 aromatic rings. The molecule has 2 heterocycles. The number of fused-ring (bicyclic) bond motifs is 1. The van der Waals surface area contributed by atoms with E-state index in [2.05, 4.69) is 10.1 Å². The number of amides is 1. The minimum Gasteiger partial charge on any atom is -0.484 e. The first-order chi connectivity index (χ1) is 13.5. The zero-order chi connectivity index (χ0) is 19.7. The summed E-state index contributed by atoms with van der Waals surface area (Å²) in [5.41, 5.74) is 6.41. The highest BCUT2D eigenvalue weighted by Crippen LogP contribution is 2.19. The molecule has 0 radical (unpaired) electrons. The molecule has 1 amide bonds. The second-order valence-corrected chi connectivity index (χ2v) is 7.32. The van der Waals surface area contributed by atoms with Crippen molar-refractivity contribution in [2.24, 2.45) is 5.73 Å². The second kappa shape index (κ2) is 7.41. The quantitative estimate of drug-likeness (QED) is 0.539. The van der Waals surface area contributed by atoms with Crippen molar-refractivity contribution in [2.75, 3.05) is 6.61 Å². The number of carbonyl (C=O) groups is 1. The molecule has 0 saturated carbocycles. The Kier molecular flexibility index (Phi) is 4.81. The maximum atomic E-state index is 12.6. The van der Waals surface area contributed by atoms with Gasteiger partial charge in [-0.15, -0.1) is 5.10 Å². The first-order valence-electron chi connectivity index (χ1n) is 8.18. The van der Waals surface area contributed by atoms with Crippen LogP contribution < -0.4 is 20.6 Å². The Hall–Kier alpha value is -3.23. The molecular weight excluding hydrogens is 400 g/mol. The number of ether oxygens (including phenoxy) is 1. The van der Waals surface area contributed by atoms with Gasteiger partial charge in [-0.25, -0.2) is 0 Å². The Morgan fingerprint density at radius 2 is 1.89 bits per heavy atom. The summed E-state index contributed by atoms with van der Waals surface area (Å²) < 4.78 is 7.03. The molecule has 0 unspecified atom stereocenters. The summed E-state index contributed by atoms with van der Waals surface area (Å²) in [4.78, 5) is 28.3. The van der Waals surface area contributed by atoms with Crippen LogP contribution in [0.2, 0.25) is 5.02 Å². The third-order valence-corrected chi connectivity index (χ3v) is 5.05. The van der Waals surface area contributed by atoms with E-state index in [1.165, 1.54) is 15.9 Å². The third-order valence-electron chi connectivity index (χ3n) is 3.84. The molecule has 140 valence electrons. The molecule has 0 aliphatic rings. The Balaban J connectivity index is 1.63. The van der Waals surface area contributed by atoms with Crippen LogP contribution in [0.5, 0.6) is 5.75 Å². The van der Waals surface area contributed by atoms with Crippen LogP contribution in [-0.4, -0.2) is 27.1 Å². The van der Waals surface area contributed by atoms with Crippen molar-refractivity contribution in [3.63, 3.8) is 0 Å². The number of hydrogen-bond acceptors (Lipinski definition) is 6. The van der Waals surface area contributed by atoms with Crippen molar-refractivity contribution >= 4 is 39.9 Å². The van der Waals surface area contributed by atoms with Gasteiger partial charge in [0, 0.05) is 10.6 Å². The van der Waals surface area contributed by atoms with E-state index in [1.807, 2.05) is 0 Å². The van der Waals surface area contributed by atoms with Crippen LogP contribution in [0.4, 0.5) is 0 Å². The molecule has 2 N–H and O–H groups in total. The molecule has 0 saturated heterocycles. The number of carbonyl (C=O) groups excluding carboxylic acids is 1. The van der Waals surface area contributed by atoms with Crippen LogP contribution in [0.1, 0.15) is 5.56 Å². The molecule has 0 spiro atoms. The molecule has 0 aliphatic carbocycles. The molecular formula is C19H13ClN4O3S. The summed E-state index contributed by atoms with van der Waals surface area (Å²) in [7, 11) is 0. The van der Waals surface area contributed by atoms with Crippen LogP contribution in [0.3, 0.4) is 0 Å². The van der Waals surface area contributed by atoms with E-state index in [1.54, 1.807) is 54.6 Å². The van der Waals surface area contributed by atoms with Gasteiger partial charge in [0.05, 0.1) is 4.53 Å². The normalized spacial score (nSPS) is 11.8. The Labute approximate surface area is 167 Å². The molecule has 0 aliphatic heterocycles. The highest BCUT2D eigenvalue weighted by molar-refractivity contribution is 7.15. The zero-order valence-corrected chi connectivity index (χ0v) is 15.9. The second-order valence-electron chi connectivity index (χ2n) is 5.88. The fourth-order valence-electron chi connectivity index (χ4n) is 2.52. The SMILES string of the molecule is NC(=O)COc1ccc(/C=c2\sc3nc(-c4ccc(Cl)cc4)nn3c2=O)cc1. The molecule has 2 aromatic heterocycles. The van der Waals surface area contributed by atoms with Gasteiger partial charge in [0.25, 0.3) is 11.5 Å². The topological polar surface area (TPSA) is 99.6 Å². The number of thiazole rings is 1. The van der Waals surface area contributed by atoms with Crippen molar-refractivity contribution in [1.29, 1.82) is 0 Å². The average Bonchev–Trinajstić information content (AvgIpc) is 3.22. The minimum atomic E-state index is -0.543. The highest BCUT2D eigenvalue weighted by atomic mass is 35.5. The van der Waals surface area contributed by atoms with Crippen LogP contribution >= 0.6 is 22.9 Å². The number of benzene rings is 2. The van der Waals surface area contributed by atoms with Crippen LogP contribution in [-0.2, 0) is 4.79 Å². The van der Waals surface area contributed by atoms with Gasteiger partial charge in [-0.3, -0.25) is 9.59 Å². The molecule has 9 heteroatoms. The first-order valence-corrected chi connectivity index (χ1v) is 9.37. The summed E-state index contributed by atoms with van der Waals surface area (Å²) in [5, 5.41) is 4.93. The van der Waals surface area contributed by atoms with E-state index in [4.69, 9.17) is 22.1 Å². The fraction of sp³-hybridized carbons (Fsp3) is 0.0526. The number of rotatable bonds is 5. The fourth-order valence-corrected chi connectivity index (χ4v) is 3.55. The number of hydrogen-bond donors (Lipinski definition) is 1. The van der Waals surface area contributed by atoms with Crippen LogP contribution in [0.25, 0.3) is 22.4 Å². The number of nitrogens with zero attached hydrogens (tertiary/aromatic N) is 3. The van der Waals surface area contributed by atoms with Crippen molar-refractivity contribution < 1.29 is 9.53 Å². The lowest BCUT2D eigenvalue weighted by Gasteiger charge is -2.03. The predicted molar refractivity (Wildman–Crippen MR) is 107 cm³/mol. The number of primary amides is 1. The molecule has 2 aromatic carbocycles.